The molecule has 0 saturated carbocycles. The second-order valence-corrected chi connectivity index (χ2v) is 3.46. The Labute approximate surface area is 95.8 Å². The van der Waals surface area contributed by atoms with Crippen LogP contribution < -0.4 is 0 Å². The van der Waals surface area contributed by atoms with E-state index in [1.54, 1.807) is 6.92 Å². The number of nitrogens with zero attached hydrogens (tertiary/aromatic N) is 1. The Balaban J connectivity index is 0. The summed E-state index contributed by atoms with van der Waals surface area (Å²) in [5.74, 6) is -1.44. The van der Waals surface area contributed by atoms with Crippen molar-refractivity contribution in [2.45, 2.75) is 25.9 Å². The zero-order valence-electron chi connectivity index (χ0n) is 9.23. The molecule has 0 aliphatic carbocycles. The number of likely N-dealkylation sites (N-methyl/N-ethyl adjacent to an activating group) is 1. The van der Waals surface area contributed by atoms with E-state index in [-0.39, 0.29) is 31.4 Å². The molecule has 1 N–H and O–H groups in total. The normalized spacial score (nSPS) is 11.7. The fraction of sp³-hybridized carbons (Fsp3) is 0.778. The van der Waals surface area contributed by atoms with Crippen molar-refractivity contribution in [2.75, 3.05) is 20.6 Å². The third-order valence-corrected chi connectivity index (χ3v) is 1.50. The van der Waals surface area contributed by atoms with Crippen LogP contribution in [0.4, 0.5) is 0 Å². The lowest BCUT2D eigenvalue weighted by atomic mass is 10.3. The van der Waals surface area contributed by atoms with E-state index in [9.17, 15) is 9.59 Å². The lowest BCUT2D eigenvalue weighted by molar-refractivity contribution is -0.151. The molecule has 0 amide bonds. The van der Waals surface area contributed by atoms with Gasteiger partial charge in [-0.05, 0) is 21.0 Å². The van der Waals surface area contributed by atoms with E-state index >= 15 is 0 Å². The van der Waals surface area contributed by atoms with Crippen LogP contribution in [0.25, 0.3) is 0 Å². The summed E-state index contributed by atoms with van der Waals surface area (Å²) in [4.78, 5) is 23.1. The second-order valence-electron chi connectivity index (χ2n) is 3.46. The third kappa shape index (κ3) is 11.1. The molecule has 1 atom stereocenters. The summed E-state index contributed by atoms with van der Waals surface area (Å²) >= 11 is 0. The number of rotatable bonds is 6. The molecule has 5 nitrogen and oxygen atoms in total. The number of hydrogen-bond donors (Lipinski definition) is 1. The topological polar surface area (TPSA) is 66.8 Å². The number of carboxylic acids is 1. The highest BCUT2D eigenvalue weighted by molar-refractivity contribution is 5.85. The summed E-state index contributed by atoms with van der Waals surface area (Å²) in [5.41, 5.74) is 0. The van der Waals surface area contributed by atoms with Crippen LogP contribution in [0.5, 0.6) is 0 Å². The van der Waals surface area contributed by atoms with Crippen LogP contribution in [0.3, 0.4) is 0 Å². The molecular weight excluding hydrogens is 222 g/mol. The standard InChI is InChI=1S/C9H17NO4.ClH/c1-7(6-10(2)3)14-9(13)5-4-8(11)12;/h7H,4-6H2,1-3H3,(H,11,12);1H. The molecule has 0 aromatic heterocycles. The molecule has 0 heterocycles. The number of ether oxygens (including phenoxy) is 1. The minimum Gasteiger partial charge on any atom is -0.481 e. The molecule has 0 aliphatic heterocycles. The summed E-state index contributed by atoms with van der Waals surface area (Å²) in [6.07, 6.45) is -0.438. The van der Waals surface area contributed by atoms with Gasteiger partial charge in [0.05, 0.1) is 12.8 Å². The maximum atomic E-state index is 11.0. The predicted molar refractivity (Wildman–Crippen MR) is 58.2 cm³/mol. The minimum atomic E-state index is -0.984. The average Bonchev–Trinajstić information content (AvgIpc) is 1.98. The predicted octanol–water partition coefficient (Wildman–Crippen LogP) is 0.766. The molecule has 0 spiro atoms. The van der Waals surface area contributed by atoms with Gasteiger partial charge in [-0.2, -0.15) is 0 Å². The van der Waals surface area contributed by atoms with Gasteiger partial charge in [-0.1, -0.05) is 0 Å². The van der Waals surface area contributed by atoms with E-state index in [1.807, 2.05) is 19.0 Å². The van der Waals surface area contributed by atoms with Crippen LogP contribution in [0.15, 0.2) is 0 Å². The van der Waals surface area contributed by atoms with Crippen molar-refractivity contribution in [2.24, 2.45) is 0 Å². The third-order valence-electron chi connectivity index (χ3n) is 1.50. The summed E-state index contributed by atoms with van der Waals surface area (Å²) < 4.78 is 4.97. The zero-order valence-corrected chi connectivity index (χ0v) is 10.0. The molecule has 15 heavy (non-hydrogen) atoms. The van der Waals surface area contributed by atoms with E-state index in [2.05, 4.69) is 0 Å². The van der Waals surface area contributed by atoms with Crippen LogP contribution in [-0.2, 0) is 14.3 Å². The van der Waals surface area contributed by atoms with Gasteiger partial charge in [0.15, 0.2) is 0 Å². The Kier molecular flexibility index (Phi) is 9.41. The SMILES string of the molecule is CC(CN(C)C)OC(=O)CCC(=O)O.Cl. The first-order valence-corrected chi connectivity index (χ1v) is 4.48. The lowest BCUT2D eigenvalue weighted by Gasteiger charge is -2.17. The van der Waals surface area contributed by atoms with E-state index in [0.29, 0.717) is 6.54 Å². The second kappa shape index (κ2) is 8.49. The summed E-state index contributed by atoms with van der Waals surface area (Å²) in [7, 11) is 3.75. The van der Waals surface area contributed by atoms with Gasteiger partial charge in [0, 0.05) is 6.54 Å². The first-order chi connectivity index (χ1) is 6.41. The van der Waals surface area contributed by atoms with Crippen LogP contribution in [0.1, 0.15) is 19.8 Å². The quantitative estimate of drug-likeness (QED) is 0.694. The highest BCUT2D eigenvalue weighted by Crippen LogP contribution is 1.98. The lowest BCUT2D eigenvalue weighted by Crippen LogP contribution is -2.28. The number of carbonyl (C=O) groups excluding carboxylic acids is 1. The van der Waals surface area contributed by atoms with Gasteiger partial charge in [-0.25, -0.2) is 0 Å². The fourth-order valence-electron chi connectivity index (χ4n) is 1.04. The minimum absolute atomic E-state index is 0. The van der Waals surface area contributed by atoms with E-state index in [4.69, 9.17) is 9.84 Å². The van der Waals surface area contributed by atoms with Crippen molar-refractivity contribution < 1.29 is 19.4 Å². The molecule has 90 valence electrons. The van der Waals surface area contributed by atoms with Gasteiger partial charge in [0.1, 0.15) is 6.10 Å². The molecule has 0 saturated heterocycles. The van der Waals surface area contributed by atoms with Gasteiger partial charge in [-0.3, -0.25) is 9.59 Å². The van der Waals surface area contributed by atoms with Gasteiger partial charge >= 0.3 is 11.9 Å². The number of carbonyl (C=O) groups is 2. The molecule has 0 radical (unpaired) electrons. The maximum Gasteiger partial charge on any atom is 0.306 e. The highest BCUT2D eigenvalue weighted by atomic mass is 35.5. The zero-order chi connectivity index (χ0) is 11.1. The summed E-state index contributed by atoms with van der Waals surface area (Å²) in [6, 6.07) is 0. The van der Waals surface area contributed by atoms with E-state index in [0.717, 1.165) is 0 Å². The Bertz CT molecular complexity index is 208. The first kappa shape index (κ1) is 16.6. The Morgan fingerprint density at radius 3 is 2.27 bits per heavy atom. The van der Waals surface area contributed by atoms with Gasteiger partial charge in [-0.15, -0.1) is 12.4 Å². The smallest absolute Gasteiger partial charge is 0.306 e. The molecule has 0 rings (SSSR count). The molecule has 0 bridgehead atoms. The fourth-order valence-corrected chi connectivity index (χ4v) is 1.04. The van der Waals surface area contributed by atoms with E-state index in [1.165, 1.54) is 0 Å². The summed E-state index contributed by atoms with van der Waals surface area (Å²) in [5, 5.41) is 8.33. The largest absolute Gasteiger partial charge is 0.481 e. The van der Waals surface area contributed by atoms with Crippen molar-refractivity contribution in [1.82, 2.24) is 4.90 Å². The molecule has 1 unspecified atom stereocenters. The van der Waals surface area contributed by atoms with Crippen LogP contribution in [-0.4, -0.2) is 48.7 Å². The Hall–Kier alpha value is -0.810. The van der Waals surface area contributed by atoms with Gasteiger partial charge in [0.2, 0.25) is 0 Å². The van der Waals surface area contributed by atoms with Gasteiger partial charge in [0.25, 0.3) is 0 Å². The Morgan fingerprint density at radius 1 is 1.33 bits per heavy atom. The Morgan fingerprint density at radius 2 is 1.87 bits per heavy atom. The van der Waals surface area contributed by atoms with Crippen molar-refractivity contribution in [3.63, 3.8) is 0 Å². The summed E-state index contributed by atoms with van der Waals surface area (Å²) in [6.45, 7) is 2.41. The molecule has 6 heteroatoms. The molecule has 0 aliphatic rings. The van der Waals surface area contributed by atoms with Crippen LogP contribution in [0, 0.1) is 0 Å². The number of aliphatic carboxylic acids is 1. The number of carboxylic acid groups (broad SMARTS) is 1. The molecule has 0 aromatic rings. The number of hydrogen-bond acceptors (Lipinski definition) is 4. The number of esters is 1. The van der Waals surface area contributed by atoms with Crippen molar-refractivity contribution in [3.05, 3.63) is 0 Å². The molecule has 0 aromatic carbocycles. The van der Waals surface area contributed by atoms with E-state index < -0.39 is 11.9 Å². The van der Waals surface area contributed by atoms with Crippen molar-refractivity contribution in [1.29, 1.82) is 0 Å². The molecule has 0 fully saturated rings. The van der Waals surface area contributed by atoms with Crippen LogP contribution >= 0.6 is 12.4 Å². The monoisotopic (exact) mass is 239 g/mol. The molecular formula is C9H18ClNO4. The van der Waals surface area contributed by atoms with Crippen molar-refractivity contribution in [3.8, 4) is 0 Å². The van der Waals surface area contributed by atoms with Crippen molar-refractivity contribution >= 4 is 24.3 Å². The highest BCUT2D eigenvalue weighted by Gasteiger charge is 2.11. The first-order valence-electron chi connectivity index (χ1n) is 4.48. The van der Waals surface area contributed by atoms with Crippen LogP contribution in [0.2, 0.25) is 0 Å². The number of halogens is 1. The average molecular weight is 240 g/mol. The van der Waals surface area contributed by atoms with Gasteiger partial charge < -0.3 is 14.7 Å². The maximum absolute atomic E-state index is 11.0.